The molecule has 108 valence electrons. The summed E-state index contributed by atoms with van der Waals surface area (Å²) in [7, 11) is 0. The van der Waals surface area contributed by atoms with Crippen molar-refractivity contribution in [2.24, 2.45) is 0 Å². The molecule has 0 aliphatic rings. The topological polar surface area (TPSA) is 62.2 Å². The molecule has 1 amide bonds. The van der Waals surface area contributed by atoms with Crippen LogP contribution in [0.15, 0.2) is 34.4 Å². The van der Waals surface area contributed by atoms with Crippen molar-refractivity contribution >= 4 is 33.2 Å². The zero-order chi connectivity index (χ0) is 15.1. The average Bonchev–Trinajstić information content (AvgIpc) is 2.91. The highest BCUT2D eigenvalue weighted by molar-refractivity contribution is 9.11. The van der Waals surface area contributed by atoms with Gasteiger partial charge in [0.15, 0.2) is 0 Å². The smallest absolute Gasteiger partial charge is 0.252 e. The summed E-state index contributed by atoms with van der Waals surface area (Å²) < 4.78 is 1.09. The van der Waals surface area contributed by atoms with E-state index in [1.54, 1.807) is 23.6 Å². The zero-order valence-electron chi connectivity index (χ0n) is 11.1. The molecule has 0 aliphatic carbocycles. The lowest BCUT2D eigenvalue weighted by Gasteiger charge is -2.04. The highest BCUT2D eigenvalue weighted by atomic mass is 79.9. The first-order chi connectivity index (χ1) is 10.2. The lowest BCUT2D eigenvalue weighted by atomic mass is 10.2. The van der Waals surface area contributed by atoms with Gasteiger partial charge < -0.3 is 10.4 Å². The maximum atomic E-state index is 12.0. The molecule has 2 rings (SSSR count). The minimum atomic E-state index is -0.215. The predicted octanol–water partition coefficient (Wildman–Crippen LogP) is 2.22. The van der Waals surface area contributed by atoms with Crippen molar-refractivity contribution in [3.8, 4) is 11.8 Å². The minimum absolute atomic E-state index is 0.175. The van der Waals surface area contributed by atoms with Crippen LogP contribution in [0.2, 0.25) is 0 Å². The summed E-state index contributed by atoms with van der Waals surface area (Å²) in [6, 6.07) is 5.69. The van der Waals surface area contributed by atoms with Crippen LogP contribution in [0.3, 0.4) is 0 Å². The summed E-state index contributed by atoms with van der Waals surface area (Å²) in [5.41, 5.74) is 1.07. The number of nitrogens with one attached hydrogen (secondary N) is 1. The molecule has 0 bridgehead atoms. The molecule has 0 spiro atoms. The maximum Gasteiger partial charge on any atom is 0.252 e. The third-order valence-corrected chi connectivity index (χ3v) is 4.28. The van der Waals surface area contributed by atoms with Gasteiger partial charge >= 0.3 is 0 Å². The van der Waals surface area contributed by atoms with Crippen molar-refractivity contribution in [1.29, 1.82) is 0 Å². The number of thiophene rings is 1. The third-order valence-electron chi connectivity index (χ3n) is 2.60. The van der Waals surface area contributed by atoms with Crippen molar-refractivity contribution < 1.29 is 9.90 Å². The lowest BCUT2D eigenvalue weighted by Crippen LogP contribution is -2.25. The summed E-state index contributed by atoms with van der Waals surface area (Å²) in [6.07, 6.45) is 3.85. The molecule has 2 heterocycles. The summed E-state index contributed by atoms with van der Waals surface area (Å²) >= 11 is 5.07. The van der Waals surface area contributed by atoms with E-state index < -0.39 is 0 Å². The van der Waals surface area contributed by atoms with Gasteiger partial charge in [-0.05, 0) is 40.5 Å². The number of aliphatic hydroxyl groups is 1. The van der Waals surface area contributed by atoms with E-state index in [-0.39, 0.29) is 12.5 Å². The number of carbonyl (C=O) groups excluding carboxylic acids is 1. The van der Waals surface area contributed by atoms with E-state index in [0.29, 0.717) is 17.7 Å². The van der Waals surface area contributed by atoms with Gasteiger partial charge in [0, 0.05) is 29.4 Å². The van der Waals surface area contributed by atoms with Gasteiger partial charge in [-0.1, -0.05) is 11.8 Å². The van der Waals surface area contributed by atoms with E-state index >= 15 is 0 Å². The number of pyridine rings is 1. The van der Waals surface area contributed by atoms with Gasteiger partial charge in [0.25, 0.3) is 5.91 Å². The van der Waals surface area contributed by atoms with Crippen molar-refractivity contribution in [3.05, 3.63) is 50.4 Å². The van der Waals surface area contributed by atoms with Crippen molar-refractivity contribution in [2.45, 2.75) is 6.42 Å². The molecule has 0 aromatic carbocycles. The van der Waals surface area contributed by atoms with Crippen LogP contribution < -0.4 is 5.32 Å². The average molecular weight is 365 g/mol. The Labute approximate surface area is 135 Å². The Hall–Kier alpha value is -1.68. The number of aliphatic hydroxyl groups excluding tert-OH is 1. The van der Waals surface area contributed by atoms with Gasteiger partial charge in [-0.25, -0.2) is 0 Å². The van der Waals surface area contributed by atoms with Crippen LogP contribution in [-0.2, 0) is 6.42 Å². The SMILES string of the molecule is O=C(NCCc1ccc(Br)s1)c1cncc(C#CCO)c1. The Balaban J connectivity index is 1.91. The molecule has 0 saturated carbocycles. The Kier molecular flexibility index (Phi) is 5.93. The molecular formula is C15H13BrN2O2S. The van der Waals surface area contributed by atoms with Crippen LogP contribution in [-0.4, -0.2) is 29.1 Å². The van der Waals surface area contributed by atoms with E-state index in [0.717, 1.165) is 10.2 Å². The van der Waals surface area contributed by atoms with Gasteiger partial charge in [-0.2, -0.15) is 0 Å². The molecule has 0 radical (unpaired) electrons. The highest BCUT2D eigenvalue weighted by Crippen LogP contribution is 2.22. The van der Waals surface area contributed by atoms with Crippen LogP contribution in [0, 0.1) is 11.8 Å². The Morgan fingerprint density at radius 1 is 1.43 bits per heavy atom. The summed E-state index contributed by atoms with van der Waals surface area (Å²) in [4.78, 5) is 17.2. The van der Waals surface area contributed by atoms with Gasteiger partial charge in [0.05, 0.1) is 9.35 Å². The normalized spacial score (nSPS) is 9.81. The summed E-state index contributed by atoms with van der Waals surface area (Å²) in [5.74, 6) is 5.08. The Bertz CT molecular complexity index is 688. The van der Waals surface area contributed by atoms with Crippen LogP contribution >= 0.6 is 27.3 Å². The van der Waals surface area contributed by atoms with E-state index in [2.05, 4.69) is 38.1 Å². The molecule has 2 aromatic rings. The number of nitrogens with zero attached hydrogens (tertiary/aromatic N) is 1. The molecule has 0 atom stereocenters. The number of aromatic nitrogens is 1. The summed E-state index contributed by atoms with van der Waals surface area (Å²) in [6.45, 7) is 0.352. The van der Waals surface area contributed by atoms with Gasteiger partial charge in [-0.3, -0.25) is 9.78 Å². The Morgan fingerprint density at radius 3 is 3.00 bits per heavy atom. The second kappa shape index (κ2) is 7.93. The largest absolute Gasteiger partial charge is 0.384 e. The first-order valence-corrected chi connectivity index (χ1v) is 7.87. The van der Waals surface area contributed by atoms with Crippen molar-refractivity contribution in [1.82, 2.24) is 10.3 Å². The first kappa shape index (κ1) is 15.7. The molecule has 0 aliphatic heterocycles. The Morgan fingerprint density at radius 2 is 2.29 bits per heavy atom. The molecule has 0 fully saturated rings. The quantitative estimate of drug-likeness (QED) is 0.817. The monoisotopic (exact) mass is 364 g/mol. The highest BCUT2D eigenvalue weighted by Gasteiger charge is 2.06. The first-order valence-electron chi connectivity index (χ1n) is 6.26. The van der Waals surface area contributed by atoms with Crippen LogP contribution in [0.4, 0.5) is 0 Å². The molecule has 0 saturated heterocycles. The standard InChI is InChI=1S/C15H13BrN2O2S/c16-14-4-3-13(21-14)5-6-18-15(20)12-8-11(2-1-7-19)9-17-10-12/h3-4,8-10,19H,5-7H2,(H,18,20). The second-order valence-electron chi connectivity index (χ2n) is 4.13. The fraction of sp³-hybridized carbons (Fsp3) is 0.200. The molecule has 6 heteroatoms. The van der Waals surface area contributed by atoms with Gasteiger partial charge in [0.2, 0.25) is 0 Å². The van der Waals surface area contributed by atoms with Crippen LogP contribution in [0.25, 0.3) is 0 Å². The molecule has 2 aromatic heterocycles. The van der Waals surface area contributed by atoms with E-state index in [1.165, 1.54) is 11.1 Å². The molecule has 4 nitrogen and oxygen atoms in total. The number of rotatable bonds is 4. The lowest BCUT2D eigenvalue weighted by molar-refractivity contribution is 0.0954. The number of hydrogen-bond acceptors (Lipinski definition) is 4. The van der Waals surface area contributed by atoms with E-state index in [4.69, 9.17) is 5.11 Å². The number of amides is 1. The van der Waals surface area contributed by atoms with Gasteiger partial charge in [0.1, 0.15) is 6.61 Å². The fourth-order valence-corrected chi connectivity index (χ4v) is 3.14. The molecule has 0 unspecified atom stereocenters. The minimum Gasteiger partial charge on any atom is -0.384 e. The maximum absolute atomic E-state index is 12.0. The van der Waals surface area contributed by atoms with E-state index in [9.17, 15) is 4.79 Å². The predicted molar refractivity (Wildman–Crippen MR) is 86.3 cm³/mol. The third kappa shape index (κ3) is 4.97. The second-order valence-corrected chi connectivity index (χ2v) is 6.68. The zero-order valence-corrected chi connectivity index (χ0v) is 13.5. The number of carbonyl (C=O) groups is 1. The molecule has 21 heavy (non-hydrogen) atoms. The van der Waals surface area contributed by atoms with Gasteiger partial charge in [-0.15, -0.1) is 11.3 Å². The molecular weight excluding hydrogens is 352 g/mol. The van der Waals surface area contributed by atoms with Crippen molar-refractivity contribution in [2.75, 3.05) is 13.2 Å². The van der Waals surface area contributed by atoms with E-state index in [1.807, 2.05) is 12.1 Å². The fourth-order valence-electron chi connectivity index (χ4n) is 1.66. The van der Waals surface area contributed by atoms with Crippen LogP contribution in [0.1, 0.15) is 20.8 Å². The molecule has 2 N–H and O–H groups in total. The number of hydrogen-bond donors (Lipinski definition) is 2. The number of halogens is 1. The van der Waals surface area contributed by atoms with Crippen molar-refractivity contribution in [3.63, 3.8) is 0 Å². The summed E-state index contributed by atoms with van der Waals surface area (Å²) in [5, 5.41) is 11.5. The van der Waals surface area contributed by atoms with Crippen LogP contribution in [0.5, 0.6) is 0 Å².